The third kappa shape index (κ3) is 5.25. The summed E-state index contributed by atoms with van der Waals surface area (Å²) in [5.74, 6) is 1.25. The van der Waals surface area contributed by atoms with Gasteiger partial charge in [-0.2, -0.15) is 5.10 Å². The zero-order chi connectivity index (χ0) is 21.1. The Kier molecular flexibility index (Phi) is 6.40. The fourth-order valence-corrected chi connectivity index (χ4v) is 4.11. The van der Waals surface area contributed by atoms with Crippen LogP contribution in [0.25, 0.3) is 0 Å². The lowest BCUT2D eigenvalue weighted by Gasteiger charge is -2.35. The van der Waals surface area contributed by atoms with E-state index in [0.29, 0.717) is 34.7 Å². The third-order valence-corrected chi connectivity index (χ3v) is 5.38. The number of aromatic nitrogens is 2. The molecule has 2 amide bonds. The number of aromatic amines is 1. The van der Waals surface area contributed by atoms with E-state index in [2.05, 4.69) is 43.2 Å². The molecule has 0 aliphatic carbocycles. The van der Waals surface area contributed by atoms with Crippen LogP contribution in [-0.4, -0.2) is 40.0 Å². The van der Waals surface area contributed by atoms with Gasteiger partial charge in [-0.25, -0.2) is 0 Å². The number of anilines is 1. The summed E-state index contributed by atoms with van der Waals surface area (Å²) in [5, 5.41) is 9.97. The second-order valence-electron chi connectivity index (χ2n) is 9.02. The number of piperidine rings is 1. The van der Waals surface area contributed by atoms with Crippen molar-refractivity contribution < 1.29 is 9.59 Å². The number of hydrogen-bond donors (Lipinski definition) is 2. The highest BCUT2D eigenvalue weighted by molar-refractivity contribution is 6.04. The summed E-state index contributed by atoms with van der Waals surface area (Å²) in [6.07, 6.45) is 2.00. The maximum Gasteiger partial charge on any atom is 0.276 e. The average Bonchev–Trinajstić information content (AvgIpc) is 3.10. The molecule has 1 aliphatic heterocycles. The van der Waals surface area contributed by atoms with Crippen LogP contribution in [-0.2, 0) is 6.42 Å². The Bertz CT molecular complexity index is 877. The summed E-state index contributed by atoms with van der Waals surface area (Å²) in [6.45, 7) is 12.1. The van der Waals surface area contributed by atoms with Crippen LogP contribution in [0.2, 0.25) is 0 Å². The Morgan fingerprint density at radius 3 is 2.55 bits per heavy atom. The lowest BCUT2D eigenvalue weighted by atomic mass is 9.91. The van der Waals surface area contributed by atoms with Crippen molar-refractivity contribution in [3.8, 4) is 0 Å². The number of carbonyl (C=O) groups excluding carboxylic acids is 2. The number of rotatable bonds is 5. The second-order valence-corrected chi connectivity index (χ2v) is 9.02. The van der Waals surface area contributed by atoms with Crippen LogP contribution in [0.15, 0.2) is 24.3 Å². The van der Waals surface area contributed by atoms with Crippen LogP contribution >= 0.6 is 0 Å². The molecule has 1 fully saturated rings. The normalized spacial score (nSPS) is 19.4. The predicted octanol–water partition coefficient (Wildman–Crippen LogP) is 4.29. The first-order chi connectivity index (χ1) is 13.7. The minimum absolute atomic E-state index is 0.0258. The van der Waals surface area contributed by atoms with Gasteiger partial charge in [0.1, 0.15) is 0 Å². The third-order valence-electron chi connectivity index (χ3n) is 5.38. The number of carbonyl (C=O) groups is 2. The van der Waals surface area contributed by atoms with Crippen molar-refractivity contribution in [1.82, 2.24) is 15.1 Å². The van der Waals surface area contributed by atoms with Crippen molar-refractivity contribution in [1.29, 1.82) is 0 Å². The van der Waals surface area contributed by atoms with E-state index in [0.717, 1.165) is 37.2 Å². The lowest BCUT2D eigenvalue weighted by Crippen LogP contribution is -2.42. The molecular formula is C23H32N4O2. The van der Waals surface area contributed by atoms with Gasteiger partial charge in [0.05, 0.1) is 0 Å². The molecule has 1 aromatic heterocycles. The predicted molar refractivity (Wildman–Crippen MR) is 115 cm³/mol. The Labute approximate surface area is 173 Å². The molecule has 1 aromatic carbocycles. The Balaban J connectivity index is 1.74. The van der Waals surface area contributed by atoms with Crippen molar-refractivity contribution in [3.05, 3.63) is 46.8 Å². The van der Waals surface area contributed by atoms with Crippen LogP contribution in [0.1, 0.15) is 66.2 Å². The standard InChI is InChI=1S/C23H32N4O2/c1-14(2)8-19-11-21(26-25-19)22(28)24-20-10-18(7-6-17(20)5)23(29)27-12-15(3)9-16(4)13-27/h6-7,10-11,14-16H,8-9,12-13H2,1-5H3,(H,24,28)(H,25,26). The maximum atomic E-state index is 13.0. The second kappa shape index (κ2) is 8.80. The molecule has 1 saturated heterocycles. The van der Waals surface area contributed by atoms with E-state index in [1.807, 2.05) is 24.0 Å². The zero-order valence-electron chi connectivity index (χ0n) is 18.1. The maximum absolute atomic E-state index is 13.0. The molecule has 6 heteroatoms. The molecule has 0 saturated carbocycles. The zero-order valence-corrected chi connectivity index (χ0v) is 18.1. The van der Waals surface area contributed by atoms with Crippen LogP contribution < -0.4 is 5.32 Å². The summed E-state index contributed by atoms with van der Waals surface area (Å²) >= 11 is 0. The first-order valence-corrected chi connectivity index (χ1v) is 10.5. The summed E-state index contributed by atoms with van der Waals surface area (Å²) in [5.41, 5.74) is 3.46. The Morgan fingerprint density at radius 2 is 1.90 bits per heavy atom. The van der Waals surface area contributed by atoms with Gasteiger partial charge < -0.3 is 10.2 Å². The fourth-order valence-electron chi connectivity index (χ4n) is 4.11. The van der Waals surface area contributed by atoms with Gasteiger partial charge in [-0.15, -0.1) is 0 Å². The smallest absolute Gasteiger partial charge is 0.276 e. The molecule has 0 spiro atoms. The molecule has 0 bridgehead atoms. The van der Waals surface area contributed by atoms with E-state index >= 15 is 0 Å². The largest absolute Gasteiger partial charge is 0.338 e. The van der Waals surface area contributed by atoms with E-state index in [9.17, 15) is 9.59 Å². The van der Waals surface area contributed by atoms with Crippen LogP contribution in [0.4, 0.5) is 5.69 Å². The number of hydrogen-bond acceptors (Lipinski definition) is 3. The van der Waals surface area contributed by atoms with E-state index < -0.39 is 0 Å². The highest BCUT2D eigenvalue weighted by Crippen LogP contribution is 2.24. The molecule has 2 aromatic rings. The molecule has 2 heterocycles. The van der Waals surface area contributed by atoms with Gasteiger partial charge in [-0.1, -0.05) is 33.8 Å². The summed E-state index contributed by atoms with van der Waals surface area (Å²) in [7, 11) is 0. The molecule has 1 aliphatic rings. The van der Waals surface area contributed by atoms with Gasteiger partial charge >= 0.3 is 0 Å². The van der Waals surface area contributed by atoms with Gasteiger partial charge in [0.15, 0.2) is 5.69 Å². The molecule has 3 rings (SSSR count). The van der Waals surface area contributed by atoms with Crippen molar-refractivity contribution in [2.45, 2.75) is 47.5 Å². The lowest BCUT2D eigenvalue weighted by molar-refractivity contribution is 0.0623. The number of benzene rings is 1. The first-order valence-electron chi connectivity index (χ1n) is 10.5. The Morgan fingerprint density at radius 1 is 1.21 bits per heavy atom. The van der Waals surface area contributed by atoms with E-state index in [1.54, 1.807) is 12.1 Å². The minimum atomic E-state index is -0.274. The van der Waals surface area contributed by atoms with Crippen molar-refractivity contribution in [2.24, 2.45) is 17.8 Å². The number of nitrogens with zero attached hydrogens (tertiary/aromatic N) is 2. The topological polar surface area (TPSA) is 78.1 Å². The molecule has 2 atom stereocenters. The highest BCUT2D eigenvalue weighted by Gasteiger charge is 2.26. The van der Waals surface area contributed by atoms with Crippen molar-refractivity contribution in [2.75, 3.05) is 18.4 Å². The fraction of sp³-hybridized carbons (Fsp3) is 0.522. The van der Waals surface area contributed by atoms with Crippen LogP contribution in [0, 0.1) is 24.7 Å². The molecule has 156 valence electrons. The number of amides is 2. The van der Waals surface area contributed by atoms with Crippen molar-refractivity contribution in [3.63, 3.8) is 0 Å². The number of aryl methyl sites for hydroxylation is 1. The number of H-pyrrole nitrogens is 1. The van der Waals surface area contributed by atoms with Gasteiger partial charge in [-0.05, 0) is 61.3 Å². The SMILES string of the molecule is Cc1ccc(C(=O)N2CC(C)CC(C)C2)cc1NC(=O)c1cc(CC(C)C)[nH]n1. The molecule has 2 N–H and O–H groups in total. The summed E-state index contributed by atoms with van der Waals surface area (Å²) < 4.78 is 0. The molecular weight excluding hydrogens is 364 g/mol. The first kappa shape index (κ1) is 21.1. The van der Waals surface area contributed by atoms with Gasteiger partial charge in [0, 0.05) is 30.0 Å². The number of nitrogens with one attached hydrogen (secondary N) is 2. The van der Waals surface area contributed by atoms with Crippen LogP contribution in [0.3, 0.4) is 0 Å². The molecule has 2 unspecified atom stereocenters. The van der Waals surface area contributed by atoms with Gasteiger partial charge in [-0.3, -0.25) is 14.7 Å². The number of likely N-dealkylation sites (tertiary alicyclic amines) is 1. The molecule has 29 heavy (non-hydrogen) atoms. The van der Waals surface area contributed by atoms with Gasteiger partial charge in [0.2, 0.25) is 0 Å². The quantitative estimate of drug-likeness (QED) is 0.791. The van der Waals surface area contributed by atoms with Crippen LogP contribution in [0.5, 0.6) is 0 Å². The summed E-state index contributed by atoms with van der Waals surface area (Å²) in [6, 6.07) is 7.29. The summed E-state index contributed by atoms with van der Waals surface area (Å²) in [4.78, 5) is 27.6. The Hall–Kier alpha value is -2.63. The van der Waals surface area contributed by atoms with Crippen molar-refractivity contribution >= 4 is 17.5 Å². The molecule has 6 nitrogen and oxygen atoms in total. The van der Waals surface area contributed by atoms with E-state index in [1.165, 1.54) is 0 Å². The molecule has 0 radical (unpaired) electrons. The monoisotopic (exact) mass is 396 g/mol. The van der Waals surface area contributed by atoms with Gasteiger partial charge in [0.25, 0.3) is 11.8 Å². The highest BCUT2D eigenvalue weighted by atomic mass is 16.2. The average molecular weight is 397 g/mol. The van der Waals surface area contributed by atoms with E-state index in [4.69, 9.17) is 0 Å². The van der Waals surface area contributed by atoms with E-state index in [-0.39, 0.29) is 11.8 Å². The minimum Gasteiger partial charge on any atom is -0.338 e.